The fraction of sp³-hybridized carbons (Fsp3) is 0.200. The second kappa shape index (κ2) is 4.92. The number of hydrogen-bond donors (Lipinski definition) is 2. The molecule has 0 aliphatic carbocycles. The number of nitrogens with one attached hydrogen (secondary N) is 2. The summed E-state index contributed by atoms with van der Waals surface area (Å²) in [5.41, 5.74) is 4.72. The van der Waals surface area contributed by atoms with Crippen molar-refractivity contribution in [3.05, 3.63) is 53.2 Å². The normalized spacial score (nSPS) is 10.9. The van der Waals surface area contributed by atoms with Crippen molar-refractivity contribution in [2.24, 2.45) is 0 Å². The Balaban J connectivity index is 1.80. The van der Waals surface area contributed by atoms with Crippen LogP contribution in [0.4, 0.5) is 10.3 Å². The molecule has 1 aromatic carbocycles. The van der Waals surface area contributed by atoms with Gasteiger partial charge in [0.1, 0.15) is 0 Å². The molecule has 2 aromatic heterocycles. The molecule has 20 heavy (non-hydrogen) atoms. The highest BCUT2D eigenvalue weighted by molar-refractivity contribution is 5.85. The van der Waals surface area contributed by atoms with Crippen LogP contribution in [0.15, 0.2) is 30.6 Å². The lowest BCUT2D eigenvalue weighted by Crippen LogP contribution is -2.03. The van der Waals surface area contributed by atoms with Crippen molar-refractivity contribution >= 4 is 16.9 Å². The molecule has 0 atom stereocenters. The zero-order valence-electron chi connectivity index (χ0n) is 11.4. The zero-order chi connectivity index (χ0) is 14.1. The molecule has 102 valence electrons. The van der Waals surface area contributed by atoms with Crippen LogP contribution < -0.4 is 5.32 Å². The highest BCUT2D eigenvalue weighted by Gasteiger charge is 2.05. The number of aryl methyl sites for hydroxylation is 2. The lowest BCUT2D eigenvalue weighted by molar-refractivity contribution is 0.614. The Morgan fingerprint density at radius 2 is 1.95 bits per heavy atom. The molecule has 0 saturated carbocycles. The Bertz CT molecular complexity index is 746. The number of nitrogens with zero attached hydrogens (tertiary/aromatic N) is 2. The number of hydrogen-bond acceptors (Lipinski definition) is 3. The molecule has 0 bridgehead atoms. The summed E-state index contributed by atoms with van der Waals surface area (Å²) in [5.74, 6) is -0.0103. The molecular weight excluding hydrogens is 255 g/mol. The highest BCUT2D eigenvalue weighted by Crippen LogP contribution is 2.22. The number of benzene rings is 1. The lowest BCUT2D eigenvalue weighted by atomic mass is 10.1. The van der Waals surface area contributed by atoms with Crippen molar-refractivity contribution in [2.45, 2.75) is 20.4 Å². The SMILES string of the molecule is Cc1[nH]c2ccc(CNc3ncc(F)cn3)cc2c1C. The van der Waals surface area contributed by atoms with Crippen molar-refractivity contribution in [3.8, 4) is 0 Å². The lowest BCUT2D eigenvalue weighted by Gasteiger charge is -2.05. The fourth-order valence-electron chi connectivity index (χ4n) is 2.20. The topological polar surface area (TPSA) is 53.6 Å². The molecule has 3 rings (SSSR count). The van der Waals surface area contributed by atoms with Gasteiger partial charge in [-0.25, -0.2) is 14.4 Å². The molecule has 5 heteroatoms. The number of halogens is 1. The van der Waals surface area contributed by atoms with Crippen LogP contribution in [0.3, 0.4) is 0 Å². The summed E-state index contributed by atoms with van der Waals surface area (Å²) >= 11 is 0. The van der Waals surface area contributed by atoms with Gasteiger partial charge in [-0.2, -0.15) is 0 Å². The van der Waals surface area contributed by atoms with Crippen LogP contribution in [-0.2, 0) is 6.54 Å². The molecule has 0 amide bonds. The predicted octanol–water partition coefficient (Wildman–Crippen LogP) is 3.33. The summed E-state index contributed by atoms with van der Waals surface area (Å²) in [6, 6.07) is 6.26. The average Bonchev–Trinajstić information content (AvgIpc) is 2.74. The number of fused-ring (bicyclic) bond motifs is 1. The van der Waals surface area contributed by atoms with Gasteiger partial charge in [0.05, 0.1) is 12.4 Å². The van der Waals surface area contributed by atoms with E-state index in [0.717, 1.165) is 23.5 Å². The molecule has 2 heterocycles. The van der Waals surface area contributed by atoms with E-state index < -0.39 is 5.82 Å². The smallest absolute Gasteiger partial charge is 0.223 e. The van der Waals surface area contributed by atoms with Gasteiger partial charge in [-0.05, 0) is 37.1 Å². The summed E-state index contributed by atoms with van der Waals surface area (Å²) < 4.78 is 12.7. The molecule has 0 fully saturated rings. The molecule has 2 N–H and O–H groups in total. The summed E-state index contributed by atoms with van der Waals surface area (Å²) in [5, 5.41) is 4.30. The van der Waals surface area contributed by atoms with Crippen molar-refractivity contribution in [1.82, 2.24) is 15.0 Å². The van der Waals surface area contributed by atoms with E-state index in [9.17, 15) is 4.39 Å². The first-order valence-electron chi connectivity index (χ1n) is 6.43. The fourth-order valence-corrected chi connectivity index (χ4v) is 2.20. The Hall–Kier alpha value is -2.43. The second-order valence-corrected chi connectivity index (χ2v) is 4.83. The number of aromatic nitrogens is 3. The first kappa shape index (κ1) is 12.6. The Morgan fingerprint density at radius 3 is 2.70 bits per heavy atom. The van der Waals surface area contributed by atoms with Gasteiger partial charge in [0, 0.05) is 23.1 Å². The quantitative estimate of drug-likeness (QED) is 0.767. The zero-order valence-corrected chi connectivity index (χ0v) is 11.4. The van der Waals surface area contributed by atoms with Crippen LogP contribution in [0.5, 0.6) is 0 Å². The number of anilines is 1. The molecular formula is C15H15FN4. The molecule has 0 unspecified atom stereocenters. The van der Waals surface area contributed by atoms with Crippen molar-refractivity contribution < 1.29 is 4.39 Å². The number of aromatic amines is 1. The van der Waals surface area contributed by atoms with E-state index >= 15 is 0 Å². The van der Waals surface area contributed by atoms with Crippen molar-refractivity contribution in [2.75, 3.05) is 5.32 Å². The van der Waals surface area contributed by atoms with Crippen molar-refractivity contribution in [3.63, 3.8) is 0 Å². The average molecular weight is 270 g/mol. The summed E-state index contributed by atoms with van der Waals surface area (Å²) in [6.45, 7) is 4.78. The van der Waals surface area contributed by atoms with Gasteiger partial charge < -0.3 is 10.3 Å². The third-order valence-electron chi connectivity index (χ3n) is 3.44. The predicted molar refractivity (Wildman–Crippen MR) is 77.1 cm³/mol. The van der Waals surface area contributed by atoms with Crippen molar-refractivity contribution in [1.29, 1.82) is 0 Å². The molecule has 3 aromatic rings. The van der Waals surface area contributed by atoms with Gasteiger partial charge in [0.2, 0.25) is 5.95 Å². The van der Waals surface area contributed by atoms with E-state index in [1.165, 1.54) is 16.6 Å². The Morgan fingerprint density at radius 1 is 1.20 bits per heavy atom. The molecule has 0 spiro atoms. The summed E-state index contributed by atoms with van der Waals surface area (Å²) in [7, 11) is 0. The van der Waals surface area contributed by atoms with Crippen LogP contribution in [-0.4, -0.2) is 15.0 Å². The summed E-state index contributed by atoms with van der Waals surface area (Å²) in [6.07, 6.45) is 2.30. The first-order chi connectivity index (χ1) is 9.63. The van der Waals surface area contributed by atoms with Crippen LogP contribution in [0, 0.1) is 19.7 Å². The first-order valence-corrected chi connectivity index (χ1v) is 6.43. The van der Waals surface area contributed by atoms with Gasteiger partial charge in [-0.15, -0.1) is 0 Å². The minimum absolute atomic E-state index is 0.425. The van der Waals surface area contributed by atoms with Crippen LogP contribution in [0.25, 0.3) is 10.9 Å². The number of H-pyrrole nitrogens is 1. The highest BCUT2D eigenvalue weighted by atomic mass is 19.1. The van der Waals surface area contributed by atoms with E-state index in [1.54, 1.807) is 0 Å². The maximum Gasteiger partial charge on any atom is 0.223 e. The second-order valence-electron chi connectivity index (χ2n) is 4.83. The molecule has 0 aliphatic rings. The minimum atomic E-state index is -0.435. The molecule has 0 saturated heterocycles. The molecule has 0 aliphatic heterocycles. The van der Waals surface area contributed by atoms with Gasteiger partial charge in [0.25, 0.3) is 0 Å². The maximum absolute atomic E-state index is 12.7. The third kappa shape index (κ3) is 2.34. The van der Waals surface area contributed by atoms with E-state index in [0.29, 0.717) is 12.5 Å². The van der Waals surface area contributed by atoms with E-state index in [2.05, 4.69) is 46.2 Å². The van der Waals surface area contributed by atoms with Gasteiger partial charge >= 0.3 is 0 Å². The Labute approximate surface area is 116 Å². The maximum atomic E-state index is 12.7. The summed E-state index contributed by atoms with van der Waals surface area (Å²) in [4.78, 5) is 11.1. The minimum Gasteiger partial charge on any atom is -0.358 e. The van der Waals surface area contributed by atoms with Crippen LogP contribution in [0.1, 0.15) is 16.8 Å². The van der Waals surface area contributed by atoms with Crippen LogP contribution >= 0.6 is 0 Å². The van der Waals surface area contributed by atoms with Gasteiger partial charge in [-0.3, -0.25) is 0 Å². The third-order valence-corrected chi connectivity index (χ3v) is 3.44. The largest absolute Gasteiger partial charge is 0.358 e. The molecule has 0 radical (unpaired) electrons. The molecule has 4 nitrogen and oxygen atoms in total. The standard InChI is InChI=1S/C15H15FN4/c1-9-10(2)20-14-4-3-11(5-13(9)14)6-17-15-18-7-12(16)8-19-15/h3-5,7-8,20H,6H2,1-2H3,(H,17,18,19). The van der Waals surface area contributed by atoms with Crippen LogP contribution in [0.2, 0.25) is 0 Å². The van der Waals surface area contributed by atoms with E-state index in [1.807, 2.05) is 6.07 Å². The van der Waals surface area contributed by atoms with E-state index in [-0.39, 0.29) is 0 Å². The Kier molecular flexibility index (Phi) is 3.10. The monoisotopic (exact) mass is 270 g/mol. The number of rotatable bonds is 3. The van der Waals surface area contributed by atoms with Gasteiger partial charge in [-0.1, -0.05) is 6.07 Å². The van der Waals surface area contributed by atoms with E-state index in [4.69, 9.17) is 0 Å². The van der Waals surface area contributed by atoms with Gasteiger partial charge in [0.15, 0.2) is 5.82 Å².